The molecule has 1 aliphatic heterocycles. The van der Waals surface area contributed by atoms with E-state index >= 15 is 0 Å². The molecule has 4 heteroatoms. The number of amides is 1. The van der Waals surface area contributed by atoms with Crippen molar-refractivity contribution < 1.29 is 4.79 Å². The molecular formula is C17H27N3O. The maximum Gasteiger partial charge on any atom is 0.254 e. The van der Waals surface area contributed by atoms with Crippen molar-refractivity contribution in [2.75, 3.05) is 40.8 Å². The molecule has 0 bridgehead atoms. The van der Waals surface area contributed by atoms with Crippen LogP contribution < -0.4 is 5.32 Å². The highest BCUT2D eigenvalue weighted by Gasteiger charge is 2.26. The Morgan fingerprint density at radius 3 is 2.90 bits per heavy atom. The van der Waals surface area contributed by atoms with Gasteiger partial charge < -0.3 is 15.1 Å². The molecule has 1 amide bonds. The van der Waals surface area contributed by atoms with Crippen LogP contribution in [0.4, 0.5) is 0 Å². The van der Waals surface area contributed by atoms with Crippen LogP contribution in [-0.4, -0.2) is 62.5 Å². The van der Waals surface area contributed by atoms with Crippen molar-refractivity contribution in [2.45, 2.75) is 25.3 Å². The Bertz CT molecular complexity index is 475. The lowest BCUT2D eigenvalue weighted by Crippen LogP contribution is -2.47. The van der Waals surface area contributed by atoms with Gasteiger partial charge in [-0.3, -0.25) is 4.79 Å². The van der Waals surface area contributed by atoms with Crippen molar-refractivity contribution in [2.24, 2.45) is 0 Å². The second-order valence-corrected chi connectivity index (χ2v) is 5.99. The molecule has 1 atom stereocenters. The standard InChI is InChI=1S/C17H27N3O/c1-18-11-10-14-7-4-5-9-16(14)17(21)20(3)15-8-6-12-19(2)13-15/h4-5,7,9,15,18H,6,8,10-13H2,1-3H3. The summed E-state index contributed by atoms with van der Waals surface area (Å²) in [4.78, 5) is 17.1. The predicted octanol–water partition coefficient (Wildman–Crippen LogP) is 1.61. The van der Waals surface area contributed by atoms with Crippen molar-refractivity contribution in [3.63, 3.8) is 0 Å². The van der Waals surface area contributed by atoms with Gasteiger partial charge in [-0.15, -0.1) is 0 Å². The molecule has 1 aliphatic rings. The molecule has 2 rings (SSSR count). The Morgan fingerprint density at radius 2 is 2.19 bits per heavy atom. The number of likely N-dealkylation sites (tertiary alicyclic amines) is 1. The zero-order chi connectivity index (χ0) is 15.2. The summed E-state index contributed by atoms with van der Waals surface area (Å²) < 4.78 is 0. The lowest BCUT2D eigenvalue weighted by atomic mass is 10.0. The minimum atomic E-state index is 0.155. The highest BCUT2D eigenvalue weighted by molar-refractivity contribution is 5.95. The van der Waals surface area contributed by atoms with Crippen molar-refractivity contribution in [3.8, 4) is 0 Å². The van der Waals surface area contributed by atoms with Gasteiger partial charge in [-0.1, -0.05) is 18.2 Å². The van der Waals surface area contributed by atoms with Crippen molar-refractivity contribution in [1.82, 2.24) is 15.1 Å². The summed E-state index contributed by atoms with van der Waals surface area (Å²) in [5.74, 6) is 0.155. The van der Waals surface area contributed by atoms with Gasteiger partial charge in [-0.05, 0) is 58.1 Å². The van der Waals surface area contributed by atoms with Crippen LogP contribution in [0.5, 0.6) is 0 Å². The Kier molecular flexibility index (Phi) is 5.76. The fourth-order valence-corrected chi connectivity index (χ4v) is 3.02. The molecular weight excluding hydrogens is 262 g/mol. The van der Waals surface area contributed by atoms with Gasteiger partial charge in [-0.2, -0.15) is 0 Å². The number of hydrogen-bond acceptors (Lipinski definition) is 3. The van der Waals surface area contributed by atoms with E-state index in [0.717, 1.165) is 43.6 Å². The molecule has 0 aliphatic carbocycles. The van der Waals surface area contributed by atoms with Crippen LogP contribution in [0.25, 0.3) is 0 Å². The number of nitrogens with one attached hydrogen (secondary N) is 1. The van der Waals surface area contributed by atoms with E-state index in [1.807, 2.05) is 37.2 Å². The van der Waals surface area contributed by atoms with Crippen LogP contribution in [0.15, 0.2) is 24.3 Å². The first-order valence-corrected chi connectivity index (χ1v) is 7.81. The Balaban J connectivity index is 2.11. The zero-order valence-electron chi connectivity index (χ0n) is 13.4. The van der Waals surface area contributed by atoms with E-state index in [1.165, 1.54) is 6.42 Å². The van der Waals surface area contributed by atoms with Gasteiger partial charge in [0.15, 0.2) is 0 Å². The monoisotopic (exact) mass is 289 g/mol. The van der Waals surface area contributed by atoms with E-state index in [9.17, 15) is 4.79 Å². The van der Waals surface area contributed by atoms with Gasteiger partial charge in [0.25, 0.3) is 5.91 Å². The minimum Gasteiger partial charge on any atom is -0.337 e. The van der Waals surface area contributed by atoms with Gasteiger partial charge in [-0.25, -0.2) is 0 Å². The average molecular weight is 289 g/mol. The van der Waals surface area contributed by atoms with Crippen LogP contribution >= 0.6 is 0 Å². The molecule has 1 N–H and O–H groups in total. The fraction of sp³-hybridized carbons (Fsp3) is 0.588. The number of nitrogens with zero attached hydrogens (tertiary/aromatic N) is 2. The molecule has 0 aromatic heterocycles. The van der Waals surface area contributed by atoms with E-state index in [2.05, 4.69) is 23.3 Å². The summed E-state index contributed by atoms with van der Waals surface area (Å²) >= 11 is 0. The largest absolute Gasteiger partial charge is 0.337 e. The van der Waals surface area contributed by atoms with E-state index in [4.69, 9.17) is 0 Å². The van der Waals surface area contributed by atoms with E-state index in [0.29, 0.717) is 6.04 Å². The summed E-state index contributed by atoms with van der Waals surface area (Å²) in [7, 11) is 6.01. The van der Waals surface area contributed by atoms with Crippen LogP contribution in [0, 0.1) is 0 Å². The van der Waals surface area contributed by atoms with Crippen molar-refractivity contribution in [1.29, 1.82) is 0 Å². The molecule has 116 valence electrons. The highest BCUT2D eigenvalue weighted by atomic mass is 16.2. The number of rotatable bonds is 5. The van der Waals surface area contributed by atoms with Gasteiger partial charge in [0.1, 0.15) is 0 Å². The molecule has 1 heterocycles. The van der Waals surface area contributed by atoms with Crippen LogP contribution in [0.3, 0.4) is 0 Å². The number of hydrogen-bond donors (Lipinski definition) is 1. The molecule has 0 saturated carbocycles. The molecule has 1 saturated heterocycles. The topological polar surface area (TPSA) is 35.6 Å². The summed E-state index contributed by atoms with van der Waals surface area (Å²) in [6.07, 6.45) is 3.16. The van der Waals surface area contributed by atoms with Crippen LogP contribution in [0.1, 0.15) is 28.8 Å². The summed E-state index contributed by atoms with van der Waals surface area (Å²) in [5.41, 5.74) is 1.98. The third-order valence-electron chi connectivity index (χ3n) is 4.36. The number of carbonyl (C=O) groups is 1. The first-order chi connectivity index (χ1) is 10.1. The van der Waals surface area contributed by atoms with Gasteiger partial charge in [0, 0.05) is 25.2 Å². The molecule has 1 fully saturated rings. The van der Waals surface area contributed by atoms with Gasteiger partial charge in [0.05, 0.1) is 0 Å². The SMILES string of the molecule is CNCCc1ccccc1C(=O)N(C)C1CCCN(C)C1. The lowest BCUT2D eigenvalue weighted by Gasteiger charge is -2.36. The first kappa shape index (κ1) is 16.0. The molecule has 0 spiro atoms. The van der Waals surface area contributed by atoms with Crippen molar-refractivity contribution in [3.05, 3.63) is 35.4 Å². The third kappa shape index (κ3) is 4.05. The molecule has 21 heavy (non-hydrogen) atoms. The maximum atomic E-state index is 12.8. The fourth-order valence-electron chi connectivity index (χ4n) is 3.02. The lowest BCUT2D eigenvalue weighted by molar-refractivity contribution is 0.0643. The Morgan fingerprint density at radius 1 is 1.43 bits per heavy atom. The Hall–Kier alpha value is -1.39. The second kappa shape index (κ2) is 7.57. The molecule has 1 aromatic rings. The molecule has 4 nitrogen and oxygen atoms in total. The number of benzene rings is 1. The number of piperidine rings is 1. The first-order valence-electron chi connectivity index (χ1n) is 7.81. The normalized spacial score (nSPS) is 19.5. The van der Waals surface area contributed by atoms with E-state index in [-0.39, 0.29) is 5.91 Å². The molecule has 1 aromatic carbocycles. The minimum absolute atomic E-state index is 0.155. The van der Waals surface area contributed by atoms with E-state index < -0.39 is 0 Å². The van der Waals surface area contributed by atoms with Gasteiger partial charge in [0.2, 0.25) is 0 Å². The number of carbonyl (C=O) groups excluding carboxylic acids is 1. The second-order valence-electron chi connectivity index (χ2n) is 5.99. The molecule has 1 unspecified atom stereocenters. The highest BCUT2D eigenvalue weighted by Crippen LogP contribution is 2.18. The number of likely N-dealkylation sites (N-methyl/N-ethyl adjacent to an activating group) is 3. The average Bonchev–Trinajstić information content (AvgIpc) is 2.51. The van der Waals surface area contributed by atoms with Crippen LogP contribution in [-0.2, 0) is 6.42 Å². The summed E-state index contributed by atoms with van der Waals surface area (Å²) in [6, 6.07) is 8.31. The third-order valence-corrected chi connectivity index (χ3v) is 4.36. The summed E-state index contributed by atoms with van der Waals surface area (Å²) in [6.45, 7) is 3.00. The quantitative estimate of drug-likeness (QED) is 0.894. The molecule has 0 radical (unpaired) electrons. The smallest absolute Gasteiger partial charge is 0.254 e. The van der Waals surface area contributed by atoms with Crippen LogP contribution in [0.2, 0.25) is 0 Å². The Labute approximate surface area is 128 Å². The maximum absolute atomic E-state index is 12.8. The zero-order valence-corrected chi connectivity index (χ0v) is 13.4. The van der Waals surface area contributed by atoms with Gasteiger partial charge >= 0.3 is 0 Å². The van der Waals surface area contributed by atoms with E-state index in [1.54, 1.807) is 0 Å². The summed E-state index contributed by atoms with van der Waals surface area (Å²) in [5, 5.41) is 3.15. The van der Waals surface area contributed by atoms with Crippen molar-refractivity contribution >= 4 is 5.91 Å². The predicted molar refractivity (Wildman–Crippen MR) is 86.7 cm³/mol.